The average molecular weight is 585 g/mol. The van der Waals surface area contributed by atoms with Gasteiger partial charge in [0.1, 0.15) is 11.3 Å². The van der Waals surface area contributed by atoms with Crippen LogP contribution in [0.4, 0.5) is 5.69 Å². The highest BCUT2D eigenvalue weighted by molar-refractivity contribution is 6.05. The monoisotopic (exact) mass is 584 g/mol. The summed E-state index contributed by atoms with van der Waals surface area (Å²) in [5, 5.41) is 16.7. The number of nitrogens with zero attached hydrogens (tertiary/aromatic N) is 2. The SMILES string of the molecule is CC(CNC(=O)c1ccc(NC(=O)c2cc3ccccc3o2)c(CCCc2cccc(O)c2)c1)c1cccc2nccnc12. The van der Waals surface area contributed by atoms with Crippen molar-refractivity contribution in [2.24, 2.45) is 0 Å². The van der Waals surface area contributed by atoms with Crippen LogP contribution in [0.3, 0.4) is 0 Å². The Kier molecular flexibility index (Phi) is 8.32. The van der Waals surface area contributed by atoms with Crippen LogP contribution in [0.5, 0.6) is 5.75 Å². The van der Waals surface area contributed by atoms with Crippen molar-refractivity contribution in [3.63, 3.8) is 0 Å². The van der Waals surface area contributed by atoms with Crippen molar-refractivity contribution in [1.29, 1.82) is 0 Å². The van der Waals surface area contributed by atoms with E-state index in [9.17, 15) is 14.7 Å². The Balaban J connectivity index is 1.19. The Morgan fingerprint density at radius 1 is 0.864 bits per heavy atom. The number of furan rings is 1. The van der Waals surface area contributed by atoms with E-state index in [1.165, 1.54) is 0 Å². The molecule has 8 heteroatoms. The molecule has 8 nitrogen and oxygen atoms in total. The number of phenolic OH excluding ortho intramolecular Hbond substituents is 1. The Labute approximate surface area is 254 Å². The van der Waals surface area contributed by atoms with Gasteiger partial charge in [-0.3, -0.25) is 19.6 Å². The summed E-state index contributed by atoms with van der Waals surface area (Å²) in [4.78, 5) is 35.4. The van der Waals surface area contributed by atoms with Crippen LogP contribution >= 0.6 is 0 Å². The van der Waals surface area contributed by atoms with E-state index in [-0.39, 0.29) is 29.2 Å². The lowest BCUT2D eigenvalue weighted by atomic mass is 9.98. The number of benzene rings is 4. The van der Waals surface area contributed by atoms with E-state index in [2.05, 4.69) is 20.6 Å². The molecule has 6 aromatic rings. The summed E-state index contributed by atoms with van der Waals surface area (Å²) in [6.07, 6.45) is 5.43. The third kappa shape index (κ3) is 6.44. The van der Waals surface area contributed by atoms with E-state index in [4.69, 9.17) is 4.42 Å². The first-order valence-corrected chi connectivity index (χ1v) is 14.6. The van der Waals surface area contributed by atoms with Gasteiger partial charge in [-0.1, -0.05) is 49.4 Å². The second-order valence-electron chi connectivity index (χ2n) is 10.9. The Bertz CT molecular complexity index is 1930. The van der Waals surface area contributed by atoms with Crippen molar-refractivity contribution in [2.75, 3.05) is 11.9 Å². The molecule has 44 heavy (non-hydrogen) atoms. The molecule has 4 aromatic carbocycles. The summed E-state index contributed by atoms with van der Waals surface area (Å²) in [6, 6.07) is 27.6. The van der Waals surface area contributed by atoms with Gasteiger partial charge in [0.15, 0.2) is 5.76 Å². The second-order valence-corrected chi connectivity index (χ2v) is 10.9. The first-order valence-electron chi connectivity index (χ1n) is 14.6. The number of carbonyl (C=O) groups excluding carboxylic acids is 2. The minimum Gasteiger partial charge on any atom is -0.508 e. The third-order valence-corrected chi connectivity index (χ3v) is 7.72. The normalized spacial score (nSPS) is 11.8. The average Bonchev–Trinajstić information content (AvgIpc) is 3.49. The molecule has 1 unspecified atom stereocenters. The summed E-state index contributed by atoms with van der Waals surface area (Å²) in [5.41, 5.74) is 6.27. The van der Waals surface area contributed by atoms with Crippen molar-refractivity contribution in [3.05, 3.63) is 131 Å². The van der Waals surface area contributed by atoms with Crippen LogP contribution in [-0.4, -0.2) is 33.4 Å². The van der Waals surface area contributed by atoms with E-state index < -0.39 is 0 Å². The molecule has 2 amide bonds. The minimum absolute atomic E-state index is 0.0171. The fourth-order valence-corrected chi connectivity index (χ4v) is 5.41. The number of amides is 2. The predicted molar refractivity (Wildman–Crippen MR) is 171 cm³/mol. The molecule has 6 rings (SSSR count). The molecule has 0 aliphatic heterocycles. The van der Waals surface area contributed by atoms with Crippen LogP contribution in [-0.2, 0) is 12.8 Å². The molecule has 0 bridgehead atoms. The second kappa shape index (κ2) is 12.8. The van der Waals surface area contributed by atoms with Gasteiger partial charge in [-0.25, -0.2) is 0 Å². The number of carbonyl (C=O) groups is 2. The standard InChI is InChI=1S/C36H32N4O4/c1-23(29-12-6-13-31-34(29)38-18-17-37-31)22-39-35(42)27-15-16-30(25(20-27)10-4-7-24-8-5-11-28(41)19-24)40-36(43)33-21-26-9-2-3-14-32(26)44-33/h2-3,5-6,8-9,11-21,23,41H,4,7,10,22H2,1H3,(H,39,42)(H,40,43). The number of fused-ring (bicyclic) bond motifs is 2. The Hall–Kier alpha value is -5.50. The van der Waals surface area contributed by atoms with E-state index in [1.54, 1.807) is 42.7 Å². The Morgan fingerprint density at radius 3 is 2.57 bits per heavy atom. The molecule has 1 atom stereocenters. The molecule has 0 aliphatic carbocycles. The summed E-state index contributed by atoms with van der Waals surface area (Å²) >= 11 is 0. The largest absolute Gasteiger partial charge is 0.508 e. The quantitative estimate of drug-likeness (QED) is 0.159. The predicted octanol–water partition coefficient (Wildman–Crippen LogP) is 7.04. The molecule has 0 spiro atoms. The number of aromatic hydroxyl groups is 1. The van der Waals surface area contributed by atoms with Crippen molar-refractivity contribution < 1.29 is 19.1 Å². The lowest BCUT2D eigenvalue weighted by molar-refractivity contribution is 0.0950. The fourth-order valence-electron chi connectivity index (χ4n) is 5.41. The molecule has 2 aromatic heterocycles. The molecule has 3 N–H and O–H groups in total. The van der Waals surface area contributed by atoms with Gasteiger partial charge in [-0.05, 0) is 84.5 Å². The number of para-hydroxylation sites is 2. The molecular weight excluding hydrogens is 552 g/mol. The van der Waals surface area contributed by atoms with E-state index in [1.807, 2.05) is 67.6 Å². The summed E-state index contributed by atoms with van der Waals surface area (Å²) in [5.74, 6) is -0.105. The number of phenols is 1. The smallest absolute Gasteiger partial charge is 0.291 e. The van der Waals surface area contributed by atoms with Gasteiger partial charge in [-0.2, -0.15) is 0 Å². The molecular formula is C36H32N4O4. The molecule has 2 heterocycles. The number of aryl methyl sites for hydroxylation is 2. The first-order chi connectivity index (χ1) is 21.4. The zero-order valence-electron chi connectivity index (χ0n) is 24.3. The topological polar surface area (TPSA) is 117 Å². The van der Waals surface area contributed by atoms with E-state index in [0.29, 0.717) is 29.8 Å². The maximum absolute atomic E-state index is 13.3. The van der Waals surface area contributed by atoms with Crippen LogP contribution in [0.25, 0.3) is 22.0 Å². The van der Waals surface area contributed by atoms with Crippen LogP contribution in [0.2, 0.25) is 0 Å². The summed E-state index contributed by atoms with van der Waals surface area (Å²) in [7, 11) is 0. The van der Waals surface area contributed by atoms with Gasteiger partial charge >= 0.3 is 0 Å². The van der Waals surface area contributed by atoms with Crippen LogP contribution in [0.15, 0.2) is 108 Å². The van der Waals surface area contributed by atoms with E-state index >= 15 is 0 Å². The molecule has 0 fully saturated rings. The highest BCUT2D eigenvalue weighted by Crippen LogP contribution is 2.25. The van der Waals surface area contributed by atoms with Gasteiger partial charge < -0.3 is 20.2 Å². The zero-order chi connectivity index (χ0) is 30.5. The molecule has 0 saturated heterocycles. The first kappa shape index (κ1) is 28.6. The molecule has 0 saturated carbocycles. The number of anilines is 1. The maximum atomic E-state index is 13.3. The number of rotatable bonds is 10. The van der Waals surface area contributed by atoms with Gasteiger partial charge in [-0.15, -0.1) is 0 Å². The van der Waals surface area contributed by atoms with Crippen molar-refractivity contribution in [2.45, 2.75) is 32.1 Å². The Morgan fingerprint density at radius 2 is 1.70 bits per heavy atom. The van der Waals surface area contributed by atoms with Gasteiger partial charge in [0.05, 0.1) is 11.0 Å². The summed E-state index contributed by atoms with van der Waals surface area (Å²) in [6.45, 7) is 2.47. The number of aromatic nitrogens is 2. The zero-order valence-corrected chi connectivity index (χ0v) is 24.3. The van der Waals surface area contributed by atoms with Crippen molar-refractivity contribution >= 4 is 39.5 Å². The van der Waals surface area contributed by atoms with Crippen LogP contribution < -0.4 is 10.6 Å². The maximum Gasteiger partial charge on any atom is 0.291 e. The van der Waals surface area contributed by atoms with Crippen molar-refractivity contribution in [3.8, 4) is 5.75 Å². The molecule has 0 radical (unpaired) electrons. The number of hydrogen-bond donors (Lipinski definition) is 3. The van der Waals surface area contributed by atoms with Crippen LogP contribution in [0.1, 0.15) is 56.9 Å². The fraction of sp³-hybridized carbons (Fsp3) is 0.167. The lowest BCUT2D eigenvalue weighted by Crippen LogP contribution is -2.28. The lowest BCUT2D eigenvalue weighted by Gasteiger charge is -2.16. The minimum atomic E-state index is -0.361. The van der Waals surface area contributed by atoms with Crippen LogP contribution in [0, 0.1) is 0 Å². The van der Waals surface area contributed by atoms with Gasteiger partial charge in [0.25, 0.3) is 11.8 Å². The third-order valence-electron chi connectivity index (χ3n) is 7.72. The van der Waals surface area contributed by atoms with Gasteiger partial charge in [0.2, 0.25) is 0 Å². The highest BCUT2D eigenvalue weighted by Gasteiger charge is 2.17. The number of hydrogen-bond acceptors (Lipinski definition) is 6. The number of nitrogens with one attached hydrogen (secondary N) is 2. The van der Waals surface area contributed by atoms with E-state index in [0.717, 1.165) is 46.0 Å². The van der Waals surface area contributed by atoms with Crippen molar-refractivity contribution in [1.82, 2.24) is 15.3 Å². The summed E-state index contributed by atoms with van der Waals surface area (Å²) < 4.78 is 5.76. The molecule has 0 aliphatic rings. The molecule has 220 valence electrons. The highest BCUT2D eigenvalue weighted by atomic mass is 16.3. The van der Waals surface area contributed by atoms with Gasteiger partial charge in [0, 0.05) is 41.5 Å².